The molecule has 0 aliphatic rings. The van der Waals surface area contributed by atoms with Crippen molar-refractivity contribution in [3.8, 4) is 6.07 Å². The van der Waals surface area contributed by atoms with Crippen LogP contribution in [0.5, 0.6) is 0 Å². The summed E-state index contributed by atoms with van der Waals surface area (Å²) in [5.41, 5.74) is -0.354. The molecule has 2 aromatic carbocycles. The maximum Gasteiger partial charge on any atom is 0.242 e. The Morgan fingerprint density at radius 2 is 1.88 bits per heavy atom. The van der Waals surface area contributed by atoms with E-state index < -0.39 is 34.1 Å². The Hall–Kier alpha value is -2.83. The van der Waals surface area contributed by atoms with Crippen LogP contribution in [-0.2, 0) is 14.8 Å². The van der Waals surface area contributed by atoms with Gasteiger partial charge in [0.1, 0.15) is 17.7 Å². The number of rotatable bonds is 5. The second kappa shape index (κ2) is 7.16. The van der Waals surface area contributed by atoms with Gasteiger partial charge in [0, 0.05) is 6.07 Å². The summed E-state index contributed by atoms with van der Waals surface area (Å²) in [6, 6.07) is 9.77. The number of hydrogen-bond donors (Lipinski definition) is 2. The Morgan fingerprint density at radius 3 is 2.54 bits per heavy atom. The van der Waals surface area contributed by atoms with Crippen LogP contribution in [0.3, 0.4) is 0 Å². The van der Waals surface area contributed by atoms with Crippen LogP contribution in [0, 0.1) is 23.0 Å². The van der Waals surface area contributed by atoms with Gasteiger partial charge in [-0.1, -0.05) is 12.1 Å². The second-order valence-corrected chi connectivity index (χ2v) is 6.34. The number of carbonyl (C=O) groups excluding carboxylic acids is 1. The zero-order valence-electron chi connectivity index (χ0n) is 12.1. The van der Waals surface area contributed by atoms with E-state index >= 15 is 0 Å². The molecule has 9 heteroatoms. The smallest absolute Gasteiger partial charge is 0.242 e. The van der Waals surface area contributed by atoms with Crippen molar-refractivity contribution >= 4 is 21.6 Å². The first-order chi connectivity index (χ1) is 11.3. The molecule has 0 unspecified atom stereocenters. The number of halogens is 2. The number of nitrogens with zero attached hydrogens (tertiary/aromatic N) is 1. The summed E-state index contributed by atoms with van der Waals surface area (Å²) in [7, 11) is -4.09. The summed E-state index contributed by atoms with van der Waals surface area (Å²) >= 11 is 0. The number of hydrogen-bond acceptors (Lipinski definition) is 4. The van der Waals surface area contributed by atoms with Crippen molar-refractivity contribution in [2.75, 3.05) is 11.9 Å². The van der Waals surface area contributed by atoms with E-state index in [9.17, 15) is 22.0 Å². The third-order valence-electron chi connectivity index (χ3n) is 2.92. The van der Waals surface area contributed by atoms with Crippen LogP contribution >= 0.6 is 0 Å². The molecule has 0 aliphatic carbocycles. The molecule has 0 heterocycles. The molecule has 124 valence electrons. The summed E-state index contributed by atoms with van der Waals surface area (Å²) in [5, 5.41) is 11.0. The number of benzene rings is 2. The average Bonchev–Trinajstić information content (AvgIpc) is 2.55. The van der Waals surface area contributed by atoms with E-state index in [1.165, 1.54) is 24.3 Å². The fraction of sp³-hybridized carbons (Fsp3) is 0.0667. The molecule has 0 fully saturated rings. The number of nitrogens with one attached hydrogen (secondary N) is 2. The van der Waals surface area contributed by atoms with Crippen LogP contribution in [0.1, 0.15) is 5.56 Å². The van der Waals surface area contributed by atoms with Crippen LogP contribution < -0.4 is 10.0 Å². The lowest BCUT2D eigenvalue weighted by atomic mass is 10.2. The van der Waals surface area contributed by atoms with E-state index in [1.807, 2.05) is 4.72 Å². The quantitative estimate of drug-likeness (QED) is 0.857. The highest BCUT2D eigenvalue weighted by molar-refractivity contribution is 7.89. The summed E-state index contributed by atoms with van der Waals surface area (Å²) in [5.74, 6) is -2.64. The van der Waals surface area contributed by atoms with Crippen LogP contribution in [0.15, 0.2) is 47.4 Å². The number of anilines is 1. The molecule has 0 radical (unpaired) electrons. The van der Waals surface area contributed by atoms with E-state index in [1.54, 1.807) is 6.07 Å². The maximum atomic E-state index is 13.4. The third kappa shape index (κ3) is 4.13. The molecule has 0 atom stereocenters. The van der Waals surface area contributed by atoms with Crippen molar-refractivity contribution < 1.29 is 22.0 Å². The first-order valence-corrected chi connectivity index (χ1v) is 8.05. The molecule has 0 spiro atoms. The standard InChI is InChI=1S/C15H11F2N3O3S/c16-11-5-6-13(12(17)7-11)20-15(21)9-19-24(22,23)14-4-2-1-3-10(14)8-18/h1-7,19H,9H2,(H,20,21). The predicted octanol–water partition coefficient (Wildman–Crippen LogP) is 1.75. The largest absolute Gasteiger partial charge is 0.322 e. The third-order valence-corrected chi connectivity index (χ3v) is 4.38. The summed E-state index contributed by atoms with van der Waals surface area (Å²) in [6.07, 6.45) is 0. The van der Waals surface area contributed by atoms with Gasteiger partial charge in [0.05, 0.1) is 22.7 Å². The molecule has 24 heavy (non-hydrogen) atoms. The molecule has 2 rings (SSSR count). The van der Waals surface area contributed by atoms with Crippen molar-refractivity contribution in [1.29, 1.82) is 5.26 Å². The lowest BCUT2D eigenvalue weighted by Gasteiger charge is -2.09. The number of amides is 1. The minimum atomic E-state index is -4.09. The topological polar surface area (TPSA) is 99.1 Å². The van der Waals surface area contributed by atoms with E-state index in [2.05, 4.69) is 5.32 Å². The summed E-state index contributed by atoms with van der Waals surface area (Å²) < 4.78 is 52.4. The highest BCUT2D eigenvalue weighted by Crippen LogP contribution is 2.15. The minimum Gasteiger partial charge on any atom is -0.322 e. The SMILES string of the molecule is N#Cc1ccccc1S(=O)(=O)NCC(=O)Nc1ccc(F)cc1F. The van der Waals surface area contributed by atoms with E-state index in [0.29, 0.717) is 6.07 Å². The van der Waals surface area contributed by atoms with Gasteiger partial charge in [-0.3, -0.25) is 4.79 Å². The highest BCUT2D eigenvalue weighted by atomic mass is 32.2. The zero-order chi connectivity index (χ0) is 17.7. The molecular formula is C15H11F2N3O3S. The summed E-state index contributed by atoms with van der Waals surface area (Å²) in [4.78, 5) is 11.4. The van der Waals surface area contributed by atoms with Crippen molar-refractivity contribution in [1.82, 2.24) is 4.72 Å². The van der Waals surface area contributed by atoms with Crippen LogP contribution in [0.4, 0.5) is 14.5 Å². The van der Waals surface area contributed by atoms with Crippen molar-refractivity contribution in [3.63, 3.8) is 0 Å². The normalized spacial score (nSPS) is 10.9. The van der Waals surface area contributed by atoms with Gasteiger partial charge >= 0.3 is 0 Å². The molecule has 0 saturated heterocycles. The first-order valence-electron chi connectivity index (χ1n) is 6.57. The van der Waals surface area contributed by atoms with E-state index in [0.717, 1.165) is 12.1 Å². The van der Waals surface area contributed by atoms with Gasteiger partial charge in [-0.25, -0.2) is 21.9 Å². The van der Waals surface area contributed by atoms with Crippen LogP contribution in [0.2, 0.25) is 0 Å². The highest BCUT2D eigenvalue weighted by Gasteiger charge is 2.19. The minimum absolute atomic E-state index is 0.0741. The van der Waals surface area contributed by atoms with Crippen molar-refractivity contribution in [3.05, 3.63) is 59.7 Å². The molecule has 2 aromatic rings. The van der Waals surface area contributed by atoms with Gasteiger partial charge in [-0.15, -0.1) is 0 Å². The lowest BCUT2D eigenvalue weighted by Crippen LogP contribution is -2.33. The van der Waals surface area contributed by atoms with Gasteiger partial charge in [-0.2, -0.15) is 5.26 Å². The molecule has 0 saturated carbocycles. The van der Waals surface area contributed by atoms with Crippen molar-refractivity contribution in [2.24, 2.45) is 0 Å². The Labute approximate surface area is 136 Å². The fourth-order valence-electron chi connectivity index (χ4n) is 1.82. The molecular weight excluding hydrogens is 340 g/mol. The van der Waals surface area contributed by atoms with Crippen molar-refractivity contribution in [2.45, 2.75) is 4.90 Å². The number of carbonyl (C=O) groups is 1. The molecule has 0 aliphatic heterocycles. The maximum absolute atomic E-state index is 13.4. The molecule has 0 bridgehead atoms. The average molecular weight is 351 g/mol. The monoisotopic (exact) mass is 351 g/mol. The Kier molecular flexibility index (Phi) is 5.23. The lowest BCUT2D eigenvalue weighted by molar-refractivity contribution is -0.115. The van der Waals surface area contributed by atoms with Gasteiger partial charge in [0.2, 0.25) is 15.9 Å². The number of nitriles is 1. The fourth-order valence-corrected chi connectivity index (χ4v) is 2.95. The first kappa shape index (κ1) is 17.5. The Balaban J connectivity index is 2.07. The number of sulfonamides is 1. The Bertz CT molecular complexity index is 924. The van der Waals surface area contributed by atoms with E-state index in [-0.39, 0.29) is 16.1 Å². The van der Waals surface area contributed by atoms with E-state index in [4.69, 9.17) is 5.26 Å². The van der Waals surface area contributed by atoms with Crippen LogP contribution in [0.25, 0.3) is 0 Å². The molecule has 0 aromatic heterocycles. The molecule has 6 nitrogen and oxygen atoms in total. The van der Waals surface area contributed by atoms with Gasteiger partial charge in [-0.05, 0) is 24.3 Å². The van der Waals surface area contributed by atoms with Gasteiger partial charge in [0.25, 0.3) is 0 Å². The zero-order valence-corrected chi connectivity index (χ0v) is 12.9. The second-order valence-electron chi connectivity index (χ2n) is 4.60. The van der Waals surface area contributed by atoms with Gasteiger partial charge < -0.3 is 5.32 Å². The van der Waals surface area contributed by atoms with Crippen LogP contribution in [-0.4, -0.2) is 20.9 Å². The Morgan fingerprint density at radius 1 is 1.17 bits per heavy atom. The summed E-state index contributed by atoms with van der Waals surface area (Å²) in [6.45, 7) is -0.682. The molecule has 2 N–H and O–H groups in total. The predicted molar refractivity (Wildman–Crippen MR) is 81.3 cm³/mol. The van der Waals surface area contributed by atoms with Gasteiger partial charge in [0.15, 0.2) is 0 Å². The molecule has 1 amide bonds.